The summed E-state index contributed by atoms with van der Waals surface area (Å²) in [5.74, 6) is 1.04. The van der Waals surface area contributed by atoms with Crippen molar-refractivity contribution in [1.82, 2.24) is 34.9 Å². The SMILES string of the molecule is CCCCc1sc(C)c(C)c1C(=N[C@@H](CC(=O)NCC(C)C(C)COCC(C)(C)CNC(=O)Cn1c(=O)n([C@H](C)c2ccccn2)c2c3cc(OC)c(-c4c(C)noc4C)cc3ncc21)/C(C)=C(\CC)N=C(C)C)c1ccc(C)cc1. The lowest BCUT2D eigenvalue weighted by Gasteiger charge is -2.27. The number of benzene rings is 2. The van der Waals surface area contributed by atoms with E-state index in [1.54, 1.807) is 24.1 Å². The molecule has 2 N–H and O–H groups in total. The van der Waals surface area contributed by atoms with Crippen LogP contribution in [0.15, 0.2) is 97.6 Å². The number of aliphatic imine (C=N–C) groups is 2. The zero-order valence-electron chi connectivity index (χ0n) is 50.7. The number of allylic oxidation sites excluding steroid dienone is 1. The van der Waals surface area contributed by atoms with Crippen molar-refractivity contribution in [3.8, 4) is 16.9 Å². The van der Waals surface area contributed by atoms with Gasteiger partial charge in [-0.3, -0.25) is 38.7 Å². The van der Waals surface area contributed by atoms with Crippen molar-refractivity contribution >= 4 is 56.5 Å². The van der Waals surface area contributed by atoms with Gasteiger partial charge in [0.1, 0.15) is 18.1 Å². The van der Waals surface area contributed by atoms with Gasteiger partial charge in [0.25, 0.3) is 0 Å². The smallest absolute Gasteiger partial charge is 0.330 e. The molecule has 0 aliphatic rings. The fraction of sp³-hybridized carbons (Fsp3) is 0.477. The van der Waals surface area contributed by atoms with Gasteiger partial charge in [-0.05, 0) is 129 Å². The number of hydrogen-bond donors (Lipinski definition) is 2. The highest BCUT2D eigenvalue weighted by Crippen LogP contribution is 2.40. The number of imidazole rings is 1. The van der Waals surface area contributed by atoms with Crippen LogP contribution in [0.3, 0.4) is 0 Å². The molecule has 0 saturated heterocycles. The molecule has 2 amide bonds. The van der Waals surface area contributed by atoms with E-state index in [1.165, 1.54) is 31.0 Å². The molecule has 16 heteroatoms. The van der Waals surface area contributed by atoms with Gasteiger partial charge in [-0.2, -0.15) is 0 Å². The first-order valence-electron chi connectivity index (χ1n) is 28.6. The summed E-state index contributed by atoms with van der Waals surface area (Å²) in [7, 11) is 1.60. The molecule has 0 aliphatic heterocycles. The number of nitrogens with zero attached hydrogens (tertiary/aromatic N) is 7. The van der Waals surface area contributed by atoms with E-state index in [-0.39, 0.29) is 42.3 Å². The Labute approximate surface area is 482 Å². The number of hydrogen-bond acceptors (Lipinski definition) is 12. The molecule has 15 nitrogen and oxygen atoms in total. The maximum absolute atomic E-state index is 14.6. The molecule has 0 radical (unpaired) electrons. The third-order valence-electron chi connectivity index (χ3n) is 15.5. The fourth-order valence-electron chi connectivity index (χ4n) is 10.3. The normalized spacial score (nSPS) is 14.0. The van der Waals surface area contributed by atoms with Crippen molar-refractivity contribution in [2.24, 2.45) is 27.2 Å². The Morgan fingerprint density at radius 3 is 2.31 bits per heavy atom. The van der Waals surface area contributed by atoms with Gasteiger partial charge in [-0.25, -0.2) is 4.79 Å². The first kappa shape index (κ1) is 61.6. The quantitative estimate of drug-likeness (QED) is 0.0499. The van der Waals surface area contributed by atoms with Gasteiger partial charge < -0.3 is 24.6 Å². The van der Waals surface area contributed by atoms with Crippen LogP contribution < -0.4 is 21.1 Å². The minimum absolute atomic E-state index is 0.0669. The molecule has 7 aromatic rings. The summed E-state index contributed by atoms with van der Waals surface area (Å²) < 4.78 is 21.0. The molecule has 0 aliphatic carbocycles. The third-order valence-corrected chi connectivity index (χ3v) is 16.8. The monoisotopic (exact) mass is 1120 g/mol. The lowest BCUT2D eigenvalue weighted by atomic mass is 9.93. The van der Waals surface area contributed by atoms with Crippen molar-refractivity contribution in [2.45, 2.75) is 155 Å². The van der Waals surface area contributed by atoms with Crippen molar-refractivity contribution in [3.63, 3.8) is 0 Å². The maximum Gasteiger partial charge on any atom is 0.330 e. The highest BCUT2D eigenvalue weighted by Gasteiger charge is 2.29. The van der Waals surface area contributed by atoms with E-state index in [0.29, 0.717) is 65.4 Å². The Morgan fingerprint density at radius 2 is 1.67 bits per heavy atom. The number of amides is 2. The summed E-state index contributed by atoms with van der Waals surface area (Å²) in [4.78, 5) is 65.3. The van der Waals surface area contributed by atoms with Crippen LogP contribution in [0.2, 0.25) is 0 Å². The molecule has 432 valence electrons. The van der Waals surface area contributed by atoms with Crippen molar-refractivity contribution in [1.29, 1.82) is 0 Å². The van der Waals surface area contributed by atoms with Crippen LogP contribution in [0.1, 0.15) is 150 Å². The van der Waals surface area contributed by atoms with Gasteiger partial charge in [0.05, 0.1) is 77.6 Å². The number of aryl methyl sites for hydroxylation is 5. The predicted molar refractivity (Wildman–Crippen MR) is 329 cm³/mol. The van der Waals surface area contributed by atoms with E-state index >= 15 is 0 Å². The number of pyridine rings is 2. The lowest BCUT2D eigenvalue weighted by Crippen LogP contribution is -2.40. The van der Waals surface area contributed by atoms with E-state index in [4.69, 9.17) is 29.0 Å². The molecule has 2 unspecified atom stereocenters. The van der Waals surface area contributed by atoms with Crippen LogP contribution in [0.4, 0.5) is 0 Å². The molecular formula is C65H85N9O6S. The van der Waals surface area contributed by atoms with Crippen molar-refractivity contribution < 1.29 is 23.6 Å². The molecule has 0 bridgehead atoms. The highest BCUT2D eigenvalue weighted by atomic mass is 32.1. The summed E-state index contributed by atoms with van der Waals surface area (Å²) >= 11 is 1.86. The molecule has 0 saturated carbocycles. The summed E-state index contributed by atoms with van der Waals surface area (Å²) in [6.07, 6.45) is 7.44. The van der Waals surface area contributed by atoms with Crippen LogP contribution >= 0.6 is 11.3 Å². The Morgan fingerprint density at radius 1 is 0.926 bits per heavy atom. The third kappa shape index (κ3) is 14.5. The number of fused-ring (bicyclic) bond motifs is 3. The molecule has 7 rings (SSSR count). The van der Waals surface area contributed by atoms with Gasteiger partial charge in [0.15, 0.2) is 0 Å². The van der Waals surface area contributed by atoms with Gasteiger partial charge in [-0.15, -0.1) is 11.3 Å². The molecular weight excluding hydrogens is 1030 g/mol. The molecule has 0 spiro atoms. The first-order valence-corrected chi connectivity index (χ1v) is 29.4. The van der Waals surface area contributed by atoms with Crippen LogP contribution in [0, 0.1) is 51.9 Å². The molecule has 81 heavy (non-hydrogen) atoms. The zero-order chi connectivity index (χ0) is 58.9. The fourth-order valence-corrected chi connectivity index (χ4v) is 11.6. The van der Waals surface area contributed by atoms with E-state index in [9.17, 15) is 14.4 Å². The molecule has 0 fully saturated rings. The molecule has 5 aromatic heterocycles. The van der Waals surface area contributed by atoms with Gasteiger partial charge in [0.2, 0.25) is 11.8 Å². The number of ether oxygens (including phenoxy) is 2. The minimum atomic E-state index is -0.484. The lowest BCUT2D eigenvalue weighted by molar-refractivity contribution is -0.123. The number of carbonyl (C=O) groups is 2. The minimum Gasteiger partial charge on any atom is -0.496 e. The number of nitrogens with one attached hydrogen (secondary N) is 2. The second-order valence-electron chi connectivity index (χ2n) is 22.9. The highest BCUT2D eigenvalue weighted by molar-refractivity contribution is 7.12. The van der Waals surface area contributed by atoms with Crippen molar-refractivity contribution in [2.75, 3.05) is 33.4 Å². The average molecular weight is 1120 g/mol. The number of unbranched alkanes of at least 4 members (excludes halogenated alkanes) is 1. The number of thiophene rings is 1. The van der Waals surface area contributed by atoms with Crippen LogP contribution in [-0.4, -0.2) is 87.0 Å². The number of rotatable bonds is 26. The second kappa shape index (κ2) is 27.2. The predicted octanol–water partition coefficient (Wildman–Crippen LogP) is 13.0. The summed E-state index contributed by atoms with van der Waals surface area (Å²) in [5, 5.41) is 11.2. The largest absolute Gasteiger partial charge is 0.496 e. The number of aromatic nitrogens is 5. The zero-order valence-corrected chi connectivity index (χ0v) is 51.5. The Bertz CT molecular complexity index is 3480. The first-order chi connectivity index (χ1) is 38.6. The number of methoxy groups -OCH3 is 1. The van der Waals surface area contributed by atoms with Gasteiger partial charge >= 0.3 is 5.69 Å². The van der Waals surface area contributed by atoms with E-state index in [2.05, 4.69) is 100 Å². The molecule has 2 aromatic carbocycles. The van der Waals surface area contributed by atoms with E-state index < -0.39 is 17.5 Å². The Hall–Kier alpha value is -7.04. The molecule has 5 heterocycles. The van der Waals surface area contributed by atoms with E-state index in [1.807, 2.05) is 90.1 Å². The number of carbonyl (C=O) groups excluding carboxylic acids is 2. The van der Waals surface area contributed by atoms with Crippen LogP contribution in [0.25, 0.3) is 33.1 Å². The van der Waals surface area contributed by atoms with E-state index in [0.717, 1.165) is 70.8 Å². The Balaban J connectivity index is 1.02. The van der Waals surface area contributed by atoms with Gasteiger partial charge in [-0.1, -0.05) is 89.0 Å². The summed E-state index contributed by atoms with van der Waals surface area (Å²) in [6, 6.07) is 17.1. The average Bonchev–Trinajstić information content (AvgIpc) is 4.23. The molecule has 4 atom stereocenters. The standard InChI is InChI=1S/C65H85N9O6S/c1-17-19-23-57-60(42(8)47(13)81-57)62(48-26-24-39(5)25-27-48)71-53(43(9)51(18-2)70-38(3)4)31-58(75)68-32-40(6)41(7)35-79-37-65(14,15)36-69-59(76)34-73-55-33-67-54-29-50(61-44(10)72-80-46(61)12)56(78-16)30-49(54)63(55)74(64(73)77)45(11)52-22-20-21-28-66-52/h20-22,24-30,33,40-41,45,53H,17-19,23,31-32,34-37H2,1-16H3,(H,68,75)(H,69,76)/b51-43+,71-62?/t40?,41?,45-,53+/m1/s1. The second-order valence-corrected chi connectivity index (χ2v) is 24.2. The summed E-state index contributed by atoms with van der Waals surface area (Å²) in [6.45, 7) is 32.3. The maximum atomic E-state index is 14.6. The van der Waals surface area contributed by atoms with Crippen LogP contribution in [0.5, 0.6) is 5.75 Å². The van der Waals surface area contributed by atoms with Crippen LogP contribution in [-0.2, 0) is 27.3 Å². The summed E-state index contributed by atoms with van der Waals surface area (Å²) in [5.41, 5.74) is 12.4. The topological polar surface area (TPSA) is 180 Å². The van der Waals surface area contributed by atoms with Crippen molar-refractivity contribution in [3.05, 3.63) is 138 Å². The Kier molecular flexibility index (Phi) is 20.6. The van der Waals surface area contributed by atoms with Gasteiger partial charge in [0, 0.05) is 74.5 Å².